The van der Waals surface area contributed by atoms with E-state index in [4.69, 9.17) is 9.94 Å². The molecule has 19 heavy (non-hydrogen) atoms. The van der Waals surface area contributed by atoms with Crippen LogP contribution in [0.1, 0.15) is 10.4 Å². The lowest BCUT2D eigenvalue weighted by atomic mass is 9.99. The third-order valence-corrected chi connectivity index (χ3v) is 2.71. The minimum atomic E-state index is -0.696. The number of methoxy groups -OCH3 is 1. The highest BCUT2D eigenvalue weighted by atomic mass is 19.1. The van der Waals surface area contributed by atoms with Crippen LogP contribution in [0.2, 0.25) is 0 Å². The van der Waals surface area contributed by atoms with E-state index in [0.29, 0.717) is 16.9 Å². The van der Waals surface area contributed by atoms with Crippen molar-refractivity contribution in [3.8, 4) is 16.9 Å². The van der Waals surface area contributed by atoms with Gasteiger partial charge >= 0.3 is 0 Å². The normalized spacial score (nSPS) is 10.1. The van der Waals surface area contributed by atoms with Crippen LogP contribution in [0, 0.1) is 5.82 Å². The van der Waals surface area contributed by atoms with Crippen molar-refractivity contribution in [1.29, 1.82) is 0 Å². The Bertz CT molecular complexity index is 613. The number of rotatable bonds is 3. The van der Waals surface area contributed by atoms with Gasteiger partial charge in [0.05, 0.1) is 7.11 Å². The van der Waals surface area contributed by atoms with Gasteiger partial charge in [0.15, 0.2) is 0 Å². The van der Waals surface area contributed by atoms with Crippen LogP contribution >= 0.6 is 0 Å². The zero-order valence-corrected chi connectivity index (χ0v) is 10.2. The number of benzene rings is 2. The van der Waals surface area contributed by atoms with E-state index in [0.717, 1.165) is 6.07 Å². The van der Waals surface area contributed by atoms with E-state index < -0.39 is 11.7 Å². The number of nitrogens with one attached hydrogen (secondary N) is 1. The quantitative estimate of drug-likeness (QED) is 0.659. The molecule has 0 aliphatic heterocycles. The summed E-state index contributed by atoms with van der Waals surface area (Å²) in [7, 11) is 1.52. The van der Waals surface area contributed by atoms with Gasteiger partial charge in [-0.15, -0.1) is 0 Å². The maximum atomic E-state index is 13.4. The van der Waals surface area contributed by atoms with Crippen molar-refractivity contribution >= 4 is 5.91 Å². The molecule has 0 spiro atoms. The molecule has 0 saturated heterocycles. The molecule has 0 saturated carbocycles. The Morgan fingerprint density at radius 1 is 1.26 bits per heavy atom. The van der Waals surface area contributed by atoms with Crippen molar-refractivity contribution < 1.29 is 19.1 Å². The third kappa shape index (κ3) is 2.71. The number of hydrogen-bond donors (Lipinski definition) is 2. The van der Waals surface area contributed by atoms with Gasteiger partial charge in [-0.2, -0.15) is 0 Å². The fourth-order valence-corrected chi connectivity index (χ4v) is 1.80. The van der Waals surface area contributed by atoms with Crippen LogP contribution in [-0.4, -0.2) is 18.2 Å². The van der Waals surface area contributed by atoms with Crippen molar-refractivity contribution in [2.24, 2.45) is 0 Å². The first-order chi connectivity index (χ1) is 9.15. The molecule has 2 N–H and O–H groups in total. The monoisotopic (exact) mass is 261 g/mol. The van der Waals surface area contributed by atoms with E-state index in [2.05, 4.69) is 0 Å². The molecular formula is C14H12FNO3. The van der Waals surface area contributed by atoms with Gasteiger partial charge in [-0.05, 0) is 41.5 Å². The topological polar surface area (TPSA) is 58.6 Å². The predicted octanol–water partition coefficient (Wildman–Crippen LogP) is 2.62. The van der Waals surface area contributed by atoms with Crippen LogP contribution in [0.4, 0.5) is 4.39 Å². The molecule has 0 aliphatic carbocycles. The number of carbonyl (C=O) groups is 1. The van der Waals surface area contributed by atoms with E-state index in [1.165, 1.54) is 19.2 Å². The number of hydrogen-bond acceptors (Lipinski definition) is 3. The Morgan fingerprint density at radius 2 is 2.05 bits per heavy atom. The van der Waals surface area contributed by atoms with Crippen LogP contribution in [0.3, 0.4) is 0 Å². The first kappa shape index (κ1) is 13.0. The largest absolute Gasteiger partial charge is 0.497 e. The summed E-state index contributed by atoms with van der Waals surface area (Å²) in [6.45, 7) is 0. The van der Waals surface area contributed by atoms with Gasteiger partial charge in [0, 0.05) is 5.56 Å². The van der Waals surface area contributed by atoms with Gasteiger partial charge in [0.25, 0.3) is 5.91 Å². The molecule has 5 heteroatoms. The predicted molar refractivity (Wildman–Crippen MR) is 67.6 cm³/mol. The maximum Gasteiger partial charge on any atom is 0.275 e. The summed E-state index contributed by atoms with van der Waals surface area (Å²) >= 11 is 0. The Labute approximate surface area is 109 Å². The van der Waals surface area contributed by atoms with Crippen molar-refractivity contribution in [2.45, 2.75) is 0 Å². The van der Waals surface area contributed by atoms with E-state index >= 15 is 0 Å². The van der Waals surface area contributed by atoms with E-state index in [1.807, 2.05) is 0 Å². The fourth-order valence-electron chi connectivity index (χ4n) is 1.80. The molecule has 0 heterocycles. The standard InChI is InChI=1S/C14H12FNO3/c1-19-11-4-2-3-9(7-11)13-8-10(15)5-6-12(13)14(17)16-18/h2-8,18H,1H3,(H,16,17). The smallest absolute Gasteiger partial charge is 0.275 e. The first-order valence-electron chi connectivity index (χ1n) is 5.54. The van der Waals surface area contributed by atoms with Crippen LogP contribution in [0.15, 0.2) is 42.5 Å². The van der Waals surface area contributed by atoms with Gasteiger partial charge in [0.1, 0.15) is 11.6 Å². The molecule has 0 bridgehead atoms. The van der Waals surface area contributed by atoms with E-state index in [-0.39, 0.29) is 5.56 Å². The molecule has 2 aromatic rings. The number of halogens is 1. The summed E-state index contributed by atoms with van der Waals surface area (Å²) in [6, 6.07) is 10.6. The summed E-state index contributed by atoms with van der Waals surface area (Å²) in [5.41, 5.74) is 2.73. The average Bonchev–Trinajstić information content (AvgIpc) is 2.46. The van der Waals surface area contributed by atoms with Crippen LogP contribution in [0.25, 0.3) is 11.1 Å². The highest BCUT2D eigenvalue weighted by Crippen LogP contribution is 2.27. The zero-order chi connectivity index (χ0) is 13.8. The van der Waals surface area contributed by atoms with Gasteiger partial charge < -0.3 is 4.74 Å². The SMILES string of the molecule is COc1cccc(-c2cc(F)ccc2C(=O)NO)c1. The van der Waals surface area contributed by atoms with Gasteiger partial charge in [-0.25, -0.2) is 9.87 Å². The summed E-state index contributed by atoms with van der Waals surface area (Å²) in [6.07, 6.45) is 0. The highest BCUT2D eigenvalue weighted by Gasteiger charge is 2.13. The second-order valence-electron chi connectivity index (χ2n) is 3.86. The van der Waals surface area contributed by atoms with Crippen LogP contribution in [-0.2, 0) is 0 Å². The molecule has 0 aliphatic rings. The average molecular weight is 261 g/mol. The summed E-state index contributed by atoms with van der Waals surface area (Å²) in [5.74, 6) is -0.567. The van der Waals surface area contributed by atoms with Crippen LogP contribution < -0.4 is 10.2 Å². The number of ether oxygens (including phenoxy) is 1. The van der Waals surface area contributed by atoms with Gasteiger partial charge in [-0.1, -0.05) is 12.1 Å². The number of carbonyl (C=O) groups excluding carboxylic acids is 1. The molecular weight excluding hydrogens is 249 g/mol. The van der Waals surface area contributed by atoms with Crippen LogP contribution in [0.5, 0.6) is 5.75 Å². The molecule has 0 atom stereocenters. The zero-order valence-electron chi connectivity index (χ0n) is 10.2. The summed E-state index contributed by atoms with van der Waals surface area (Å²) in [4.78, 5) is 11.6. The Morgan fingerprint density at radius 3 is 2.74 bits per heavy atom. The lowest BCUT2D eigenvalue weighted by molar-refractivity contribution is 0.0707. The van der Waals surface area contributed by atoms with Gasteiger partial charge in [0.2, 0.25) is 0 Å². The first-order valence-corrected chi connectivity index (χ1v) is 5.54. The second kappa shape index (κ2) is 5.49. The number of amides is 1. The fraction of sp³-hybridized carbons (Fsp3) is 0.0714. The molecule has 98 valence electrons. The second-order valence-corrected chi connectivity index (χ2v) is 3.86. The summed E-state index contributed by atoms with van der Waals surface area (Å²) < 4.78 is 18.4. The Balaban J connectivity index is 2.59. The van der Waals surface area contributed by atoms with Crippen molar-refractivity contribution in [3.05, 3.63) is 53.8 Å². The third-order valence-electron chi connectivity index (χ3n) is 2.71. The molecule has 0 fully saturated rings. The van der Waals surface area contributed by atoms with Crippen molar-refractivity contribution in [2.75, 3.05) is 7.11 Å². The molecule has 0 unspecified atom stereocenters. The number of hydroxylamine groups is 1. The van der Waals surface area contributed by atoms with Gasteiger partial charge in [-0.3, -0.25) is 10.0 Å². The summed E-state index contributed by atoms with van der Waals surface area (Å²) in [5, 5.41) is 8.71. The van der Waals surface area contributed by atoms with E-state index in [1.54, 1.807) is 29.7 Å². The Kier molecular flexibility index (Phi) is 3.77. The van der Waals surface area contributed by atoms with Crippen molar-refractivity contribution in [1.82, 2.24) is 5.48 Å². The minimum absolute atomic E-state index is 0.178. The Hall–Kier alpha value is -2.40. The molecule has 0 aromatic heterocycles. The lowest BCUT2D eigenvalue weighted by Crippen LogP contribution is -2.19. The highest BCUT2D eigenvalue weighted by molar-refractivity contribution is 6.00. The molecule has 1 amide bonds. The lowest BCUT2D eigenvalue weighted by Gasteiger charge is -2.09. The molecule has 4 nitrogen and oxygen atoms in total. The van der Waals surface area contributed by atoms with Crippen molar-refractivity contribution in [3.63, 3.8) is 0 Å². The molecule has 0 radical (unpaired) electrons. The minimum Gasteiger partial charge on any atom is -0.497 e. The van der Waals surface area contributed by atoms with E-state index in [9.17, 15) is 9.18 Å². The molecule has 2 aromatic carbocycles. The molecule has 2 rings (SSSR count). The maximum absolute atomic E-state index is 13.4.